The average molecular weight is 654 g/mol. The van der Waals surface area contributed by atoms with Gasteiger partial charge in [0.15, 0.2) is 11.5 Å². The van der Waals surface area contributed by atoms with Gasteiger partial charge in [0.1, 0.15) is 23.7 Å². The van der Waals surface area contributed by atoms with E-state index in [1.807, 2.05) is 0 Å². The minimum absolute atomic E-state index is 0.0335. The van der Waals surface area contributed by atoms with E-state index in [4.69, 9.17) is 18.9 Å². The number of halogens is 1. The minimum atomic E-state index is -1.73. The third-order valence-corrected chi connectivity index (χ3v) is 8.37. The topological polar surface area (TPSA) is 158 Å². The molecule has 0 aliphatic heterocycles. The lowest BCUT2D eigenvalue weighted by molar-refractivity contribution is -0.385. The normalized spacial score (nSPS) is 17.6. The van der Waals surface area contributed by atoms with Crippen molar-refractivity contribution in [3.05, 3.63) is 75.6 Å². The number of benzene rings is 3. The first kappa shape index (κ1) is 35.0. The molecule has 1 aliphatic rings. The van der Waals surface area contributed by atoms with Crippen LogP contribution >= 0.6 is 0 Å². The van der Waals surface area contributed by atoms with Gasteiger partial charge in [-0.15, -0.1) is 0 Å². The molecule has 3 unspecified atom stereocenters. The van der Waals surface area contributed by atoms with E-state index in [-0.39, 0.29) is 36.7 Å². The molecule has 0 spiro atoms. The Kier molecular flexibility index (Phi) is 11.6. The fourth-order valence-corrected chi connectivity index (χ4v) is 6.22. The van der Waals surface area contributed by atoms with Crippen LogP contribution < -0.4 is 24.8 Å². The maximum atomic E-state index is 14.5. The predicted molar refractivity (Wildman–Crippen MR) is 173 cm³/mol. The highest BCUT2D eigenvalue weighted by Crippen LogP contribution is 2.42. The minimum Gasteiger partial charge on any atom is -0.494 e. The van der Waals surface area contributed by atoms with Crippen molar-refractivity contribution in [2.24, 2.45) is 17.8 Å². The lowest BCUT2D eigenvalue weighted by Gasteiger charge is -2.38. The number of aromatic carboxylic acids is 1. The smallest absolute Gasteiger partial charge is 0.342 e. The number of nitrogens with zero attached hydrogens (tertiary/aromatic N) is 1. The summed E-state index contributed by atoms with van der Waals surface area (Å²) in [6, 6.07) is 11.4. The van der Waals surface area contributed by atoms with Crippen molar-refractivity contribution < 1.29 is 43.0 Å². The third kappa shape index (κ3) is 8.28. The number of rotatable bonds is 14. The number of amides is 1. The lowest BCUT2D eigenvalue weighted by Crippen LogP contribution is -2.38. The van der Waals surface area contributed by atoms with E-state index < -0.39 is 33.7 Å². The molecular weight excluding hydrogens is 613 g/mol. The van der Waals surface area contributed by atoms with E-state index in [0.29, 0.717) is 46.5 Å². The van der Waals surface area contributed by atoms with E-state index in [0.717, 1.165) is 18.9 Å². The summed E-state index contributed by atoms with van der Waals surface area (Å²) in [6.07, 6.45) is 3.21. The second kappa shape index (κ2) is 15.6. The van der Waals surface area contributed by atoms with Gasteiger partial charge < -0.3 is 34.7 Å². The molecule has 12 nitrogen and oxygen atoms in total. The largest absolute Gasteiger partial charge is 0.494 e. The van der Waals surface area contributed by atoms with Gasteiger partial charge in [-0.1, -0.05) is 45.7 Å². The third-order valence-electron chi connectivity index (χ3n) is 8.37. The number of carboxylic acids is 1. The summed E-state index contributed by atoms with van der Waals surface area (Å²) in [7, 11) is 2.82. The fraction of sp³-hybridized carbons (Fsp3) is 0.412. The van der Waals surface area contributed by atoms with Gasteiger partial charge in [0.05, 0.1) is 30.9 Å². The lowest BCUT2D eigenvalue weighted by atomic mass is 9.72. The Morgan fingerprint density at radius 2 is 1.81 bits per heavy atom. The number of hydrogen-bond acceptors (Lipinski definition) is 9. The van der Waals surface area contributed by atoms with Gasteiger partial charge in [-0.05, 0) is 48.4 Å². The van der Waals surface area contributed by atoms with E-state index >= 15 is 0 Å². The fourth-order valence-electron chi connectivity index (χ4n) is 6.22. The molecule has 1 saturated carbocycles. The molecule has 13 heteroatoms. The standard InChI is InChI=1S/C34H40FN3O9/c1-19(2)30-20(3)8-6-10-26(30)46-18-29(39)37-24-14-12-22(16-28(24)45-5)36-17-21-9-7-11-27(44-4)32(21)47-33-25(38(42)43)15-13-23(35)31(33)34(40)41/h7,9,11-16,19-20,26,30,36H,6,8,10,17-18H2,1-5H3,(H,37,39)(H,40,41). The summed E-state index contributed by atoms with van der Waals surface area (Å²) < 4.78 is 37.3. The summed E-state index contributed by atoms with van der Waals surface area (Å²) in [5.41, 5.74) is -0.249. The van der Waals surface area contributed by atoms with Gasteiger partial charge in [-0.3, -0.25) is 14.9 Å². The summed E-state index contributed by atoms with van der Waals surface area (Å²) in [5.74, 6) is -2.10. The van der Waals surface area contributed by atoms with Gasteiger partial charge in [0, 0.05) is 29.9 Å². The monoisotopic (exact) mass is 653 g/mol. The summed E-state index contributed by atoms with van der Waals surface area (Å²) in [5, 5.41) is 27.3. The van der Waals surface area contributed by atoms with Crippen molar-refractivity contribution in [2.45, 2.75) is 52.7 Å². The molecule has 1 fully saturated rings. The molecule has 0 bridgehead atoms. The molecule has 0 saturated heterocycles. The Morgan fingerprint density at radius 3 is 2.47 bits per heavy atom. The molecule has 1 aliphatic carbocycles. The number of para-hydroxylation sites is 1. The number of methoxy groups -OCH3 is 2. The maximum Gasteiger partial charge on any atom is 0.342 e. The van der Waals surface area contributed by atoms with E-state index in [2.05, 4.69) is 31.4 Å². The number of hydrogen-bond donors (Lipinski definition) is 3. The van der Waals surface area contributed by atoms with Crippen molar-refractivity contribution in [3.8, 4) is 23.0 Å². The number of carbonyl (C=O) groups excluding carboxylic acids is 1. The molecule has 0 heterocycles. The highest BCUT2D eigenvalue weighted by atomic mass is 19.1. The zero-order valence-electron chi connectivity index (χ0n) is 27.0. The number of carbonyl (C=O) groups is 2. The quantitative estimate of drug-likeness (QED) is 0.119. The Bertz CT molecular complexity index is 1610. The highest BCUT2D eigenvalue weighted by molar-refractivity contribution is 5.94. The molecule has 3 aromatic rings. The second-order valence-corrected chi connectivity index (χ2v) is 11.8. The van der Waals surface area contributed by atoms with Crippen LogP contribution in [0.5, 0.6) is 23.0 Å². The number of nitro groups is 1. The second-order valence-electron chi connectivity index (χ2n) is 11.8. The van der Waals surface area contributed by atoms with Crippen LogP contribution in [-0.2, 0) is 16.1 Å². The Hall–Kier alpha value is -4.91. The Balaban J connectivity index is 1.49. The number of anilines is 2. The predicted octanol–water partition coefficient (Wildman–Crippen LogP) is 7.27. The number of ether oxygens (including phenoxy) is 4. The molecule has 0 aromatic heterocycles. The van der Waals surface area contributed by atoms with Gasteiger partial charge in [-0.2, -0.15) is 0 Å². The molecular formula is C34H40FN3O9. The van der Waals surface area contributed by atoms with Crippen LogP contribution in [0.25, 0.3) is 0 Å². The number of nitrogens with one attached hydrogen (secondary N) is 2. The Labute approximate surface area is 272 Å². The molecule has 3 N–H and O–H groups in total. The first-order valence-electron chi connectivity index (χ1n) is 15.3. The number of carboxylic acid groups (broad SMARTS) is 1. The molecule has 47 heavy (non-hydrogen) atoms. The van der Waals surface area contributed by atoms with Crippen molar-refractivity contribution in [1.82, 2.24) is 0 Å². The van der Waals surface area contributed by atoms with Crippen molar-refractivity contribution >= 4 is 28.9 Å². The van der Waals surface area contributed by atoms with E-state index in [1.54, 1.807) is 30.3 Å². The summed E-state index contributed by atoms with van der Waals surface area (Å²) in [4.78, 5) is 35.5. The van der Waals surface area contributed by atoms with Crippen LogP contribution in [0.15, 0.2) is 48.5 Å². The van der Waals surface area contributed by atoms with Crippen LogP contribution in [0.1, 0.15) is 56.0 Å². The van der Waals surface area contributed by atoms with Crippen molar-refractivity contribution in [1.29, 1.82) is 0 Å². The zero-order valence-corrected chi connectivity index (χ0v) is 27.0. The molecule has 252 valence electrons. The van der Waals surface area contributed by atoms with Gasteiger partial charge in [0.25, 0.3) is 0 Å². The van der Waals surface area contributed by atoms with E-state index in [9.17, 15) is 29.2 Å². The molecule has 3 aromatic carbocycles. The van der Waals surface area contributed by atoms with Crippen LogP contribution in [0.4, 0.5) is 21.5 Å². The van der Waals surface area contributed by atoms with Gasteiger partial charge in [-0.25, -0.2) is 9.18 Å². The average Bonchev–Trinajstić information content (AvgIpc) is 3.03. The first-order valence-corrected chi connectivity index (χ1v) is 15.3. The number of nitro benzene ring substituents is 1. The van der Waals surface area contributed by atoms with Crippen LogP contribution in [0.2, 0.25) is 0 Å². The van der Waals surface area contributed by atoms with Crippen LogP contribution in [0.3, 0.4) is 0 Å². The van der Waals surface area contributed by atoms with Gasteiger partial charge in [0.2, 0.25) is 11.7 Å². The summed E-state index contributed by atoms with van der Waals surface area (Å²) >= 11 is 0. The van der Waals surface area contributed by atoms with Crippen LogP contribution in [-0.4, -0.2) is 48.8 Å². The van der Waals surface area contributed by atoms with Crippen LogP contribution in [0, 0.1) is 33.7 Å². The maximum absolute atomic E-state index is 14.5. The molecule has 4 rings (SSSR count). The van der Waals surface area contributed by atoms with Gasteiger partial charge >= 0.3 is 11.7 Å². The van der Waals surface area contributed by atoms with E-state index in [1.165, 1.54) is 26.7 Å². The van der Waals surface area contributed by atoms with Crippen molar-refractivity contribution in [2.75, 3.05) is 31.5 Å². The zero-order chi connectivity index (χ0) is 34.2. The first-order chi connectivity index (χ1) is 22.4. The van der Waals surface area contributed by atoms with Crippen molar-refractivity contribution in [3.63, 3.8) is 0 Å². The molecule has 0 radical (unpaired) electrons. The summed E-state index contributed by atoms with van der Waals surface area (Å²) in [6.45, 7) is 6.63. The Morgan fingerprint density at radius 1 is 1.06 bits per heavy atom. The molecule has 1 amide bonds. The molecule has 3 atom stereocenters. The highest BCUT2D eigenvalue weighted by Gasteiger charge is 2.34. The SMILES string of the molecule is COc1cc(NCc2cccc(OC)c2Oc2c([N+](=O)[O-])ccc(F)c2C(=O)O)ccc1NC(=O)COC1CCCC(C)C1C(C)C.